The summed E-state index contributed by atoms with van der Waals surface area (Å²) in [7, 11) is 0. The molecule has 0 aliphatic heterocycles. The molecule has 2 N–H and O–H groups in total. The first-order valence-electron chi connectivity index (χ1n) is 8.11. The van der Waals surface area contributed by atoms with E-state index >= 15 is 0 Å². The second-order valence-electron chi connectivity index (χ2n) is 6.06. The van der Waals surface area contributed by atoms with E-state index in [-0.39, 0.29) is 11.9 Å². The lowest BCUT2D eigenvalue weighted by molar-refractivity contribution is 0.524. The first-order chi connectivity index (χ1) is 12.2. The first-order valence-corrected chi connectivity index (χ1v) is 9.93. The number of aromatic amines is 1. The summed E-state index contributed by atoms with van der Waals surface area (Å²) < 4.78 is 13.5. The topological polar surface area (TPSA) is 40.7 Å². The summed E-state index contributed by atoms with van der Waals surface area (Å²) in [5.41, 5.74) is 4.47. The molecular weight excluding hydrogens is 353 g/mol. The Morgan fingerprint density at radius 1 is 1.28 bits per heavy atom. The molecule has 1 aromatic carbocycles. The van der Waals surface area contributed by atoms with Crippen LogP contribution in [0.2, 0.25) is 0 Å². The molecule has 0 bridgehead atoms. The number of benzene rings is 1. The third kappa shape index (κ3) is 3.51. The molecule has 0 aliphatic carbocycles. The summed E-state index contributed by atoms with van der Waals surface area (Å²) in [5, 5.41) is 11.9. The smallest absolute Gasteiger partial charge is 0.123 e. The highest BCUT2D eigenvalue weighted by Gasteiger charge is 2.16. The number of thiazole rings is 1. The predicted octanol–water partition coefficient (Wildman–Crippen LogP) is 5.21. The van der Waals surface area contributed by atoms with Crippen LogP contribution >= 0.6 is 22.7 Å². The van der Waals surface area contributed by atoms with E-state index in [4.69, 9.17) is 0 Å². The van der Waals surface area contributed by atoms with Crippen molar-refractivity contribution in [2.24, 2.45) is 0 Å². The van der Waals surface area contributed by atoms with Crippen LogP contribution < -0.4 is 5.32 Å². The minimum Gasteiger partial charge on any atom is -0.357 e. The standard InChI is InChI=1S/C19H18FN3S2/c1-12-15-9-14(20)2-3-16(15)23-18(12)10-22-17(19-21-5-7-25-19)8-13-4-6-24-11-13/h2-7,9,11,17,22-23H,8,10H2,1H3. The van der Waals surface area contributed by atoms with Crippen molar-refractivity contribution >= 4 is 33.6 Å². The highest BCUT2D eigenvalue weighted by atomic mass is 32.1. The highest BCUT2D eigenvalue weighted by molar-refractivity contribution is 7.09. The van der Waals surface area contributed by atoms with Gasteiger partial charge >= 0.3 is 0 Å². The van der Waals surface area contributed by atoms with Crippen LogP contribution in [0.1, 0.15) is 27.9 Å². The Morgan fingerprint density at radius 3 is 2.96 bits per heavy atom. The molecule has 3 heterocycles. The largest absolute Gasteiger partial charge is 0.357 e. The molecule has 4 aromatic rings. The van der Waals surface area contributed by atoms with Crippen LogP contribution in [0.15, 0.2) is 46.6 Å². The zero-order valence-electron chi connectivity index (χ0n) is 13.8. The molecule has 3 aromatic heterocycles. The maximum Gasteiger partial charge on any atom is 0.123 e. The van der Waals surface area contributed by atoms with Gasteiger partial charge in [0.05, 0.1) is 6.04 Å². The Labute approximate surface area is 153 Å². The van der Waals surface area contributed by atoms with Gasteiger partial charge in [-0.3, -0.25) is 0 Å². The molecule has 0 saturated carbocycles. The molecule has 4 rings (SSSR count). The minimum absolute atomic E-state index is 0.164. The van der Waals surface area contributed by atoms with Crippen molar-refractivity contribution in [2.75, 3.05) is 0 Å². The van der Waals surface area contributed by atoms with Gasteiger partial charge in [0.15, 0.2) is 0 Å². The number of fused-ring (bicyclic) bond motifs is 1. The van der Waals surface area contributed by atoms with Crippen LogP contribution in [0.5, 0.6) is 0 Å². The van der Waals surface area contributed by atoms with E-state index in [9.17, 15) is 4.39 Å². The average molecular weight is 372 g/mol. The van der Waals surface area contributed by atoms with Gasteiger partial charge in [0, 0.05) is 34.7 Å². The van der Waals surface area contributed by atoms with Gasteiger partial charge in [-0.25, -0.2) is 9.37 Å². The van der Waals surface area contributed by atoms with Crippen LogP contribution in [-0.4, -0.2) is 9.97 Å². The van der Waals surface area contributed by atoms with Crippen molar-refractivity contribution in [1.82, 2.24) is 15.3 Å². The predicted molar refractivity (Wildman–Crippen MR) is 103 cm³/mol. The van der Waals surface area contributed by atoms with E-state index in [0.717, 1.165) is 33.6 Å². The summed E-state index contributed by atoms with van der Waals surface area (Å²) in [6, 6.07) is 7.20. The number of aryl methyl sites for hydroxylation is 1. The Hall–Kier alpha value is -2.02. The average Bonchev–Trinajstić information content (AvgIpc) is 3.34. The summed E-state index contributed by atoms with van der Waals surface area (Å²) in [5.74, 6) is -0.202. The van der Waals surface area contributed by atoms with E-state index in [2.05, 4.69) is 32.1 Å². The summed E-state index contributed by atoms with van der Waals surface area (Å²) in [6.07, 6.45) is 2.75. The summed E-state index contributed by atoms with van der Waals surface area (Å²) in [6.45, 7) is 2.73. The van der Waals surface area contributed by atoms with Crippen molar-refractivity contribution in [3.8, 4) is 0 Å². The first kappa shape index (κ1) is 16.4. The van der Waals surface area contributed by atoms with E-state index in [0.29, 0.717) is 6.54 Å². The number of H-pyrrole nitrogens is 1. The molecule has 128 valence electrons. The number of aromatic nitrogens is 2. The van der Waals surface area contributed by atoms with Crippen LogP contribution in [-0.2, 0) is 13.0 Å². The normalized spacial score (nSPS) is 12.7. The molecule has 25 heavy (non-hydrogen) atoms. The fourth-order valence-corrected chi connectivity index (χ4v) is 4.45. The molecule has 1 atom stereocenters. The zero-order valence-corrected chi connectivity index (χ0v) is 15.4. The van der Waals surface area contributed by atoms with Crippen molar-refractivity contribution in [2.45, 2.75) is 25.9 Å². The second-order valence-corrected chi connectivity index (χ2v) is 7.76. The Kier molecular flexibility index (Phi) is 4.65. The van der Waals surface area contributed by atoms with Crippen LogP contribution in [0.4, 0.5) is 4.39 Å². The third-order valence-corrected chi connectivity index (χ3v) is 6.04. The van der Waals surface area contributed by atoms with Gasteiger partial charge in [0.2, 0.25) is 0 Å². The van der Waals surface area contributed by atoms with Crippen LogP contribution in [0.25, 0.3) is 10.9 Å². The molecule has 0 aliphatic rings. The molecule has 0 radical (unpaired) electrons. The Balaban J connectivity index is 1.56. The number of nitrogens with one attached hydrogen (secondary N) is 2. The molecule has 0 spiro atoms. The van der Waals surface area contributed by atoms with Crippen molar-refractivity contribution in [3.63, 3.8) is 0 Å². The van der Waals surface area contributed by atoms with Gasteiger partial charge in [-0.1, -0.05) is 0 Å². The third-order valence-electron chi connectivity index (χ3n) is 4.42. The Morgan fingerprint density at radius 2 is 2.20 bits per heavy atom. The summed E-state index contributed by atoms with van der Waals surface area (Å²) in [4.78, 5) is 7.89. The number of nitrogens with zero attached hydrogens (tertiary/aromatic N) is 1. The number of hydrogen-bond acceptors (Lipinski definition) is 4. The molecular formula is C19H18FN3S2. The molecule has 3 nitrogen and oxygen atoms in total. The molecule has 6 heteroatoms. The second kappa shape index (κ2) is 7.07. The Bertz CT molecular complexity index is 958. The SMILES string of the molecule is Cc1c(CNC(Cc2ccsc2)c2nccs2)[nH]c2ccc(F)cc12. The summed E-state index contributed by atoms with van der Waals surface area (Å²) >= 11 is 3.38. The van der Waals surface area contributed by atoms with Gasteiger partial charge in [-0.15, -0.1) is 11.3 Å². The maximum atomic E-state index is 13.5. The van der Waals surface area contributed by atoms with Gasteiger partial charge in [-0.05, 0) is 59.5 Å². The quantitative estimate of drug-likeness (QED) is 0.489. The molecule has 0 saturated heterocycles. The van der Waals surface area contributed by atoms with Gasteiger partial charge in [0.1, 0.15) is 10.8 Å². The van der Waals surface area contributed by atoms with E-state index < -0.39 is 0 Å². The zero-order chi connectivity index (χ0) is 17.2. The van der Waals surface area contributed by atoms with Crippen molar-refractivity contribution < 1.29 is 4.39 Å². The fourth-order valence-electron chi connectivity index (χ4n) is 3.05. The van der Waals surface area contributed by atoms with Crippen molar-refractivity contribution in [3.05, 3.63) is 74.2 Å². The molecule has 0 amide bonds. The number of thiophene rings is 1. The number of rotatable bonds is 6. The monoisotopic (exact) mass is 371 g/mol. The lowest BCUT2D eigenvalue weighted by Gasteiger charge is -2.16. The lowest BCUT2D eigenvalue weighted by Crippen LogP contribution is -2.23. The van der Waals surface area contributed by atoms with Gasteiger partial charge in [-0.2, -0.15) is 11.3 Å². The minimum atomic E-state index is -0.202. The fraction of sp³-hybridized carbons (Fsp3) is 0.211. The van der Waals surface area contributed by atoms with Crippen LogP contribution in [0.3, 0.4) is 0 Å². The van der Waals surface area contributed by atoms with Crippen molar-refractivity contribution in [1.29, 1.82) is 0 Å². The maximum absolute atomic E-state index is 13.5. The van der Waals surface area contributed by atoms with Gasteiger partial charge < -0.3 is 10.3 Å². The van der Waals surface area contributed by atoms with E-state index in [1.165, 1.54) is 11.6 Å². The molecule has 0 fully saturated rings. The van der Waals surface area contributed by atoms with E-state index in [1.807, 2.05) is 18.5 Å². The number of hydrogen-bond donors (Lipinski definition) is 2. The van der Waals surface area contributed by atoms with E-state index in [1.54, 1.807) is 34.8 Å². The van der Waals surface area contributed by atoms with Gasteiger partial charge in [0.25, 0.3) is 0 Å². The highest BCUT2D eigenvalue weighted by Crippen LogP contribution is 2.25. The lowest BCUT2D eigenvalue weighted by atomic mass is 10.1. The molecule has 1 unspecified atom stereocenters. The number of halogens is 1. The van der Waals surface area contributed by atoms with Crippen LogP contribution in [0, 0.1) is 12.7 Å².